The van der Waals surface area contributed by atoms with Gasteiger partial charge in [0.15, 0.2) is 5.82 Å². The van der Waals surface area contributed by atoms with Crippen LogP contribution in [0.25, 0.3) is 0 Å². The average molecular weight is 195 g/mol. The zero-order valence-electron chi connectivity index (χ0n) is 8.32. The Morgan fingerprint density at radius 2 is 2.29 bits per heavy atom. The van der Waals surface area contributed by atoms with Gasteiger partial charge in [-0.3, -0.25) is 0 Å². The van der Waals surface area contributed by atoms with Crippen LogP contribution >= 0.6 is 0 Å². The molecule has 1 saturated heterocycles. The van der Waals surface area contributed by atoms with Gasteiger partial charge in [-0.15, -0.1) is 5.10 Å². The highest BCUT2D eigenvalue weighted by atomic mass is 15.5. The van der Waals surface area contributed by atoms with Gasteiger partial charge in [-0.1, -0.05) is 0 Å². The van der Waals surface area contributed by atoms with E-state index < -0.39 is 0 Å². The molecule has 1 aliphatic rings. The average Bonchev–Trinajstić information content (AvgIpc) is 2.63. The molecule has 0 spiro atoms. The molecule has 78 valence electrons. The van der Waals surface area contributed by atoms with E-state index in [4.69, 9.17) is 5.73 Å². The minimum atomic E-state index is 0.510. The summed E-state index contributed by atoms with van der Waals surface area (Å²) in [6.45, 7) is 3.19. The van der Waals surface area contributed by atoms with Crippen LogP contribution in [0, 0.1) is 5.92 Å². The Labute approximate surface area is 83.7 Å². The number of piperidine rings is 1. The molecule has 0 aromatic carbocycles. The number of nitrogens with zero attached hydrogens (tertiary/aromatic N) is 3. The highest BCUT2D eigenvalue weighted by Gasteiger charge is 2.12. The quantitative estimate of drug-likeness (QED) is 0.725. The summed E-state index contributed by atoms with van der Waals surface area (Å²) in [5, 5.41) is 11.5. The first-order valence-corrected chi connectivity index (χ1v) is 5.21. The van der Waals surface area contributed by atoms with E-state index in [9.17, 15) is 0 Å². The van der Waals surface area contributed by atoms with Gasteiger partial charge in [-0.2, -0.15) is 9.90 Å². The molecular formula is C9H17N5. The number of hydrogen-bond acceptors (Lipinski definition) is 4. The van der Waals surface area contributed by atoms with Gasteiger partial charge >= 0.3 is 0 Å². The Balaban J connectivity index is 1.76. The molecule has 0 bridgehead atoms. The molecule has 2 heterocycles. The van der Waals surface area contributed by atoms with Crippen molar-refractivity contribution in [3.8, 4) is 0 Å². The van der Waals surface area contributed by atoms with E-state index in [0.717, 1.165) is 32.0 Å². The molecule has 2 rings (SSSR count). The summed E-state index contributed by atoms with van der Waals surface area (Å²) < 4.78 is 0. The van der Waals surface area contributed by atoms with E-state index in [2.05, 4.69) is 15.5 Å². The first-order chi connectivity index (χ1) is 6.84. The lowest BCUT2D eigenvalue weighted by molar-refractivity contribution is 0.323. The van der Waals surface area contributed by atoms with Crippen molar-refractivity contribution in [2.75, 3.05) is 18.8 Å². The molecule has 0 aliphatic carbocycles. The van der Waals surface area contributed by atoms with Crippen LogP contribution < -0.4 is 11.1 Å². The normalized spacial score (nSPS) is 18.6. The van der Waals surface area contributed by atoms with Crippen molar-refractivity contribution in [1.29, 1.82) is 0 Å². The maximum atomic E-state index is 5.48. The fraction of sp³-hybridized carbons (Fsp3) is 0.778. The summed E-state index contributed by atoms with van der Waals surface area (Å²) in [5.74, 6) is 1.33. The van der Waals surface area contributed by atoms with Crippen molar-refractivity contribution in [2.24, 2.45) is 5.92 Å². The zero-order chi connectivity index (χ0) is 9.80. The summed E-state index contributed by atoms with van der Waals surface area (Å²) in [7, 11) is 0. The number of aromatic nitrogens is 3. The number of nitrogen functional groups attached to an aromatic ring is 1. The highest BCUT2D eigenvalue weighted by molar-refractivity contribution is 5.19. The molecule has 3 N–H and O–H groups in total. The van der Waals surface area contributed by atoms with Gasteiger partial charge in [0.05, 0.1) is 12.7 Å². The predicted octanol–water partition coefficient (Wildman–Crippen LogP) is 0.250. The second kappa shape index (κ2) is 4.41. The molecule has 1 fully saturated rings. The van der Waals surface area contributed by atoms with Crippen LogP contribution in [0.3, 0.4) is 0 Å². The van der Waals surface area contributed by atoms with Crippen molar-refractivity contribution in [3.63, 3.8) is 0 Å². The van der Waals surface area contributed by atoms with E-state index >= 15 is 0 Å². The fourth-order valence-corrected chi connectivity index (χ4v) is 1.89. The van der Waals surface area contributed by atoms with Crippen LogP contribution in [0.15, 0.2) is 6.20 Å². The molecule has 1 aromatic rings. The standard InChI is InChI=1S/C9H17N5/c10-9-7-12-14(13-9)6-3-8-1-4-11-5-2-8/h7-8,11H,1-6H2,(H2,10,13). The van der Waals surface area contributed by atoms with E-state index in [1.165, 1.54) is 12.8 Å². The molecule has 5 heteroatoms. The first kappa shape index (κ1) is 9.45. The van der Waals surface area contributed by atoms with E-state index in [-0.39, 0.29) is 0 Å². The number of nitrogens with two attached hydrogens (primary N) is 1. The topological polar surface area (TPSA) is 68.8 Å². The second-order valence-corrected chi connectivity index (χ2v) is 3.85. The molecule has 0 saturated carbocycles. The van der Waals surface area contributed by atoms with Gasteiger partial charge in [0, 0.05) is 0 Å². The molecule has 1 aromatic heterocycles. The molecule has 0 atom stereocenters. The molecule has 0 amide bonds. The van der Waals surface area contributed by atoms with E-state index in [1.54, 1.807) is 11.0 Å². The largest absolute Gasteiger partial charge is 0.381 e. The Hall–Kier alpha value is -1.10. The van der Waals surface area contributed by atoms with Gasteiger partial charge in [0.2, 0.25) is 0 Å². The van der Waals surface area contributed by atoms with Crippen LogP contribution in [0.5, 0.6) is 0 Å². The molecule has 14 heavy (non-hydrogen) atoms. The summed E-state index contributed by atoms with van der Waals surface area (Å²) in [5.41, 5.74) is 5.48. The summed E-state index contributed by atoms with van der Waals surface area (Å²) in [6.07, 6.45) is 5.31. The minimum Gasteiger partial charge on any atom is -0.381 e. The van der Waals surface area contributed by atoms with Crippen molar-refractivity contribution in [1.82, 2.24) is 20.3 Å². The molecule has 0 unspecified atom stereocenters. The summed E-state index contributed by atoms with van der Waals surface area (Å²) >= 11 is 0. The third kappa shape index (κ3) is 2.45. The first-order valence-electron chi connectivity index (χ1n) is 5.21. The van der Waals surface area contributed by atoms with Crippen LogP contribution in [0.2, 0.25) is 0 Å². The Morgan fingerprint density at radius 1 is 1.50 bits per heavy atom. The van der Waals surface area contributed by atoms with Gasteiger partial charge in [0.1, 0.15) is 0 Å². The summed E-state index contributed by atoms with van der Waals surface area (Å²) in [4.78, 5) is 1.69. The van der Waals surface area contributed by atoms with Crippen molar-refractivity contribution < 1.29 is 0 Å². The fourth-order valence-electron chi connectivity index (χ4n) is 1.89. The number of nitrogens with one attached hydrogen (secondary N) is 1. The highest BCUT2D eigenvalue weighted by Crippen LogP contribution is 2.16. The molecule has 5 nitrogen and oxygen atoms in total. The van der Waals surface area contributed by atoms with Gasteiger partial charge in [-0.25, -0.2) is 0 Å². The lowest BCUT2D eigenvalue weighted by atomic mass is 9.95. The predicted molar refractivity (Wildman–Crippen MR) is 54.6 cm³/mol. The number of anilines is 1. The van der Waals surface area contributed by atoms with Crippen LogP contribution in [0.1, 0.15) is 19.3 Å². The van der Waals surface area contributed by atoms with E-state index in [1.807, 2.05) is 0 Å². The monoisotopic (exact) mass is 195 g/mol. The van der Waals surface area contributed by atoms with Gasteiger partial charge < -0.3 is 11.1 Å². The minimum absolute atomic E-state index is 0.510. The SMILES string of the molecule is Nc1cnn(CCC2CCNCC2)n1. The molecule has 1 aliphatic heterocycles. The van der Waals surface area contributed by atoms with Gasteiger partial charge in [-0.05, 0) is 38.3 Å². The van der Waals surface area contributed by atoms with Crippen LogP contribution in [-0.2, 0) is 6.54 Å². The zero-order valence-corrected chi connectivity index (χ0v) is 8.32. The Morgan fingerprint density at radius 3 is 2.93 bits per heavy atom. The Kier molecular flexibility index (Phi) is 2.98. The smallest absolute Gasteiger partial charge is 0.165 e. The number of rotatable bonds is 3. The number of aryl methyl sites for hydroxylation is 1. The lowest BCUT2D eigenvalue weighted by Crippen LogP contribution is -2.28. The molecular weight excluding hydrogens is 178 g/mol. The summed E-state index contributed by atoms with van der Waals surface area (Å²) in [6, 6.07) is 0. The lowest BCUT2D eigenvalue weighted by Gasteiger charge is -2.21. The maximum absolute atomic E-state index is 5.48. The van der Waals surface area contributed by atoms with Crippen LogP contribution in [0.4, 0.5) is 5.82 Å². The van der Waals surface area contributed by atoms with Gasteiger partial charge in [0.25, 0.3) is 0 Å². The van der Waals surface area contributed by atoms with Crippen molar-refractivity contribution in [2.45, 2.75) is 25.8 Å². The van der Waals surface area contributed by atoms with Crippen LogP contribution in [-0.4, -0.2) is 28.1 Å². The number of hydrogen-bond donors (Lipinski definition) is 2. The third-order valence-electron chi connectivity index (χ3n) is 2.75. The third-order valence-corrected chi connectivity index (χ3v) is 2.75. The van der Waals surface area contributed by atoms with Crippen molar-refractivity contribution >= 4 is 5.82 Å². The molecule has 0 radical (unpaired) electrons. The van der Waals surface area contributed by atoms with E-state index in [0.29, 0.717) is 5.82 Å². The maximum Gasteiger partial charge on any atom is 0.165 e. The Bertz CT molecular complexity index is 276. The van der Waals surface area contributed by atoms with Crippen molar-refractivity contribution in [3.05, 3.63) is 6.20 Å². The second-order valence-electron chi connectivity index (χ2n) is 3.85.